The second-order valence-electron chi connectivity index (χ2n) is 3.10. The molecule has 0 atom stereocenters. The Bertz CT molecular complexity index is 280. The van der Waals surface area contributed by atoms with Gasteiger partial charge in [0.2, 0.25) is 0 Å². The number of Topliss-reactive ketones (excluding diaryl/α,β-unsaturated/α-hetero) is 1. The molecule has 0 aliphatic rings. The molecule has 1 heterocycles. The van der Waals surface area contributed by atoms with Crippen LogP contribution in [-0.4, -0.2) is 10.8 Å². The fourth-order valence-electron chi connectivity index (χ4n) is 1.17. The molecular weight excluding hydrogens is 182 g/mol. The average Bonchev–Trinajstić information content (AvgIpc) is 2.51. The van der Waals surface area contributed by atoms with Gasteiger partial charge in [0.15, 0.2) is 0 Å². The SMILES string of the molecule is CCC(=O)CCCc1csc(C)n1. The Balaban J connectivity index is 2.24. The number of carbonyl (C=O) groups excluding carboxylic acids is 1. The lowest BCUT2D eigenvalue weighted by Gasteiger charge is -1.95. The summed E-state index contributed by atoms with van der Waals surface area (Å²) in [7, 11) is 0. The lowest BCUT2D eigenvalue weighted by Crippen LogP contribution is -1.96. The molecule has 13 heavy (non-hydrogen) atoms. The Labute approximate surface area is 83.0 Å². The Morgan fingerprint density at radius 2 is 2.38 bits per heavy atom. The lowest BCUT2D eigenvalue weighted by atomic mass is 10.1. The summed E-state index contributed by atoms with van der Waals surface area (Å²) in [6.07, 6.45) is 3.25. The van der Waals surface area contributed by atoms with Crippen molar-refractivity contribution in [1.82, 2.24) is 4.98 Å². The number of nitrogens with zero attached hydrogens (tertiary/aromatic N) is 1. The second kappa shape index (κ2) is 5.12. The summed E-state index contributed by atoms with van der Waals surface area (Å²) < 4.78 is 0. The zero-order valence-corrected chi connectivity index (χ0v) is 8.99. The van der Waals surface area contributed by atoms with Crippen LogP contribution in [0.2, 0.25) is 0 Å². The van der Waals surface area contributed by atoms with E-state index in [2.05, 4.69) is 10.4 Å². The topological polar surface area (TPSA) is 30.0 Å². The molecule has 0 bridgehead atoms. The van der Waals surface area contributed by atoms with Crippen LogP contribution in [0, 0.1) is 6.92 Å². The number of aryl methyl sites for hydroxylation is 2. The van der Waals surface area contributed by atoms with E-state index in [9.17, 15) is 4.79 Å². The van der Waals surface area contributed by atoms with E-state index in [0.717, 1.165) is 23.5 Å². The number of carbonyl (C=O) groups is 1. The predicted octanol–water partition coefficient (Wildman–Crippen LogP) is 2.75. The minimum Gasteiger partial charge on any atom is -0.300 e. The van der Waals surface area contributed by atoms with Gasteiger partial charge in [-0.05, 0) is 19.8 Å². The number of ketones is 1. The first kappa shape index (κ1) is 10.4. The molecule has 1 rings (SSSR count). The van der Waals surface area contributed by atoms with Gasteiger partial charge >= 0.3 is 0 Å². The first-order valence-corrected chi connectivity index (χ1v) is 5.53. The van der Waals surface area contributed by atoms with Gasteiger partial charge in [0, 0.05) is 18.2 Å². The van der Waals surface area contributed by atoms with Crippen molar-refractivity contribution in [1.29, 1.82) is 0 Å². The predicted molar refractivity (Wildman–Crippen MR) is 55.1 cm³/mol. The van der Waals surface area contributed by atoms with E-state index < -0.39 is 0 Å². The normalized spacial score (nSPS) is 10.3. The number of hydrogen-bond acceptors (Lipinski definition) is 3. The molecule has 0 unspecified atom stereocenters. The lowest BCUT2D eigenvalue weighted by molar-refractivity contribution is -0.118. The molecule has 0 spiro atoms. The molecule has 0 radical (unpaired) electrons. The molecule has 72 valence electrons. The van der Waals surface area contributed by atoms with Gasteiger partial charge in [-0.25, -0.2) is 4.98 Å². The molecule has 1 aromatic rings. The molecule has 0 aliphatic carbocycles. The summed E-state index contributed by atoms with van der Waals surface area (Å²) in [6, 6.07) is 0. The third kappa shape index (κ3) is 3.68. The summed E-state index contributed by atoms with van der Waals surface area (Å²) in [4.78, 5) is 15.3. The molecule has 0 fully saturated rings. The Hall–Kier alpha value is -0.700. The Morgan fingerprint density at radius 3 is 2.92 bits per heavy atom. The van der Waals surface area contributed by atoms with Crippen LogP contribution in [0.15, 0.2) is 5.38 Å². The van der Waals surface area contributed by atoms with Crippen LogP contribution in [0.1, 0.15) is 36.9 Å². The summed E-state index contributed by atoms with van der Waals surface area (Å²) in [5.74, 6) is 0.354. The third-order valence-electron chi connectivity index (χ3n) is 1.95. The molecule has 1 aromatic heterocycles. The van der Waals surface area contributed by atoms with E-state index in [4.69, 9.17) is 0 Å². The zero-order valence-electron chi connectivity index (χ0n) is 8.17. The van der Waals surface area contributed by atoms with Gasteiger partial charge in [-0.15, -0.1) is 11.3 Å². The van der Waals surface area contributed by atoms with Crippen molar-refractivity contribution in [3.05, 3.63) is 16.1 Å². The van der Waals surface area contributed by atoms with E-state index in [1.54, 1.807) is 11.3 Å². The van der Waals surface area contributed by atoms with Gasteiger partial charge in [0.05, 0.1) is 10.7 Å². The van der Waals surface area contributed by atoms with E-state index in [1.807, 2.05) is 13.8 Å². The van der Waals surface area contributed by atoms with Crippen molar-refractivity contribution >= 4 is 17.1 Å². The first-order valence-electron chi connectivity index (χ1n) is 4.65. The zero-order chi connectivity index (χ0) is 9.68. The fraction of sp³-hybridized carbons (Fsp3) is 0.600. The minimum atomic E-state index is 0.354. The van der Waals surface area contributed by atoms with Crippen LogP contribution in [-0.2, 0) is 11.2 Å². The van der Waals surface area contributed by atoms with E-state index in [-0.39, 0.29) is 0 Å². The molecular formula is C10H15NOS. The Kier molecular flexibility index (Phi) is 4.09. The maximum Gasteiger partial charge on any atom is 0.132 e. The molecule has 0 aromatic carbocycles. The van der Waals surface area contributed by atoms with Crippen LogP contribution in [0.5, 0.6) is 0 Å². The van der Waals surface area contributed by atoms with Crippen LogP contribution in [0.3, 0.4) is 0 Å². The fourth-order valence-corrected chi connectivity index (χ4v) is 1.81. The van der Waals surface area contributed by atoms with Crippen molar-refractivity contribution < 1.29 is 4.79 Å². The largest absolute Gasteiger partial charge is 0.300 e. The Morgan fingerprint density at radius 1 is 1.62 bits per heavy atom. The van der Waals surface area contributed by atoms with Crippen LogP contribution in [0.25, 0.3) is 0 Å². The molecule has 0 saturated heterocycles. The highest BCUT2D eigenvalue weighted by Crippen LogP contribution is 2.10. The van der Waals surface area contributed by atoms with Gasteiger partial charge in [-0.1, -0.05) is 6.92 Å². The number of rotatable bonds is 5. The van der Waals surface area contributed by atoms with Crippen LogP contribution >= 0.6 is 11.3 Å². The molecule has 0 amide bonds. The maximum absolute atomic E-state index is 11.0. The van der Waals surface area contributed by atoms with Crippen LogP contribution in [0.4, 0.5) is 0 Å². The molecule has 0 saturated carbocycles. The maximum atomic E-state index is 11.0. The van der Waals surface area contributed by atoms with E-state index >= 15 is 0 Å². The summed E-state index contributed by atoms with van der Waals surface area (Å²) >= 11 is 1.67. The minimum absolute atomic E-state index is 0.354. The molecule has 0 N–H and O–H groups in total. The van der Waals surface area contributed by atoms with Gasteiger partial charge in [-0.3, -0.25) is 4.79 Å². The van der Waals surface area contributed by atoms with Gasteiger partial charge in [0.1, 0.15) is 5.78 Å². The molecule has 2 nitrogen and oxygen atoms in total. The quantitative estimate of drug-likeness (QED) is 0.726. The smallest absolute Gasteiger partial charge is 0.132 e. The van der Waals surface area contributed by atoms with Crippen molar-refractivity contribution in [2.75, 3.05) is 0 Å². The first-order chi connectivity index (χ1) is 6.22. The van der Waals surface area contributed by atoms with Crippen LogP contribution < -0.4 is 0 Å². The van der Waals surface area contributed by atoms with Crippen molar-refractivity contribution in [2.45, 2.75) is 39.5 Å². The number of thiazole rings is 1. The highest BCUT2D eigenvalue weighted by Gasteiger charge is 2.01. The van der Waals surface area contributed by atoms with Gasteiger partial charge in [0.25, 0.3) is 0 Å². The highest BCUT2D eigenvalue weighted by atomic mass is 32.1. The second-order valence-corrected chi connectivity index (χ2v) is 4.17. The van der Waals surface area contributed by atoms with Crippen molar-refractivity contribution in [3.63, 3.8) is 0 Å². The molecule has 0 aliphatic heterocycles. The third-order valence-corrected chi connectivity index (χ3v) is 2.77. The highest BCUT2D eigenvalue weighted by molar-refractivity contribution is 7.09. The number of hydrogen-bond donors (Lipinski definition) is 0. The van der Waals surface area contributed by atoms with Crippen molar-refractivity contribution in [3.8, 4) is 0 Å². The number of aromatic nitrogens is 1. The van der Waals surface area contributed by atoms with Gasteiger partial charge in [-0.2, -0.15) is 0 Å². The summed E-state index contributed by atoms with van der Waals surface area (Å²) in [6.45, 7) is 3.92. The van der Waals surface area contributed by atoms with Gasteiger partial charge < -0.3 is 0 Å². The monoisotopic (exact) mass is 197 g/mol. The summed E-state index contributed by atoms with van der Waals surface area (Å²) in [5, 5.41) is 3.18. The van der Waals surface area contributed by atoms with E-state index in [1.165, 1.54) is 0 Å². The van der Waals surface area contributed by atoms with Crippen molar-refractivity contribution in [2.24, 2.45) is 0 Å². The average molecular weight is 197 g/mol. The standard InChI is InChI=1S/C10H15NOS/c1-3-10(12)6-4-5-9-7-13-8(2)11-9/h7H,3-6H2,1-2H3. The van der Waals surface area contributed by atoms with E-state index in [0.29, 0.717) is 18.6 Å². The summed E-state index contributed by atoms with van der Waals surface area (Å²) in [5.41, 5.74) is 1.13. The molecule has 3 heteroatoms.